The number of nitrogens with zero attached hydrogens (tertiary/aromatic N) is 2. The Balaban J connectivity index is 2.62. The summed E-state index contributed by atoms with van der Waals surface area (Å²) < 4.78 is 0. The molecule has 78 valence electrons. The van der Waals surface area contributed by atoms with Crippen LogP contribution in [0.3, 0.4) is 0 Å². The summed E-state index contributed by atoms with van der Waals surface area (Å²) in [5.74, 6) is 0.137. The van der Waals surface area contributed by atoms with Crippen molar-refractivity contribution in [2.24, 2.45) is 10.4 Å². The van der Waals surface area contributed by atoms with Gasteiger partial charge >= 0.3 is 0 Å². The van der Waals surface area contributed by atoms with Crippen LogP contribution in [-0.2, 0) is 4.79 Å². The Morgan fingerprint density at radius 3 is 2.64 bits per heavy atom. The van der Waals surface area contributed by atoms with Crippen molar-refractivity contribution in [3.05, 3.63) is 12.3 Å². The van der Waals surface area contributed by atoms with E-state index in [1.807, 2.05) is 6.92 Å². The summed E-state index contributed by atoms with van der Waals surface area (Å²) in [5, 5.41) is 0. The lowest BCUT2D eigenvalue weighted by Gasteiger charge is -2.28. The van der Waals surface area contributed by atoms with Gasteiger partial charge in [-0.15, -0.1) is 0 Å². The number of hydrogen-bond acceptors (Lipinski definition) is 2. The molecule has 0 N–H and O–H groups in total. The molecule has 0 spiro atoms. The Kier molecular flexibility index (Phi) is 3.09. The topological polar surface area (TPSA) is 32.7 Å². The first-order valence-corrected chi connectivity index (χ1v) is 4.91. The standard InChI is InChI=1S/C11H18N2O/c1-9-12-6-5-7-13(9)10(14)8-11(2,3)4/h5-7,9H,8H2,1-4H3. The molecular weight excluding hydrogens is 176 g/mol. The van der Waals surface area contributed by atoms with Gasteiger partial charge in [-0.05, 0) is 18.4 Å². The molecule has 1 amide bonds. The van der Waals surface area contributed by atoms with Crippen molar-refractivity contribution < 1.29 is 4.79 Å². The number of aliphatic imine (C=N–C) groups is 1. The predicted octanol–water partition coefficient (Wildman–Crippen LogP) is 2.20. The minimum absolute atomic E-state index is 0.0335. The average Bonchev–Trinajstić information content (AvgIpc) is 2.01. The maximum absolute atomic E-state index is 11.8. The van der Waals surface area contributed by atoms with E-state index in [1.54, 1.807) is 23.4 Å². The molecule has 0 saturated heterocycles. The normalized spacial score (nSPS) is 21.4. The van der Waals surface area contributed by atoms with Crippen LogP contribution in [0.4, 0.5) is 0 Å². The van der Waals surface area contributed by atoms with Crippen molar-refractivity contribution in [3.8, 4) is 0 Å². The average molecular weight is 194 g/mol. The fourth-order valence-electron chi connectivity index (χ4n) is 1.34. The van der Waals surface area contributed by atoms with E-state index in [2.05, 4.69) is 25.8 Å². The molecule has 0 fully saturated rings. The lowest BCUT2D eigenvalue weighted by molar-refractivity contribution is -0.132. The Morgan fingerprint density at radius 1 is 1.50 bits per heavy atom. The van der Waals surface area contributed by atoms with Crippen molar-refractivity contribution >= 4 is 12.1 Å². The second kappa shape index (κ2) is 3.95. The van der Waals surface area contributed by atoms with E-state index >= 15 is 0 Å². The molecule has 0 radical (unpaired) electrons. The molecule has 0 saturated carbocycles. The van der Waals surface area contributed by atoms with Crippen LogP contribution in [0.25, 0.3) is 0 Å². The van der Waals surface area contributed by atoms with Crippen LogP contribution >= 0.6 is 0 Å². The van der Waals surface area contributed by atoms with Gasteiger partial charge in [0.15, 0.2) is 0 Å². The third-order valence-electron chi connectivity index (χ3n) is 2.01. The summed E-state index contributed by atoms with van der Waals surface area (Å²) in [6, 6.07) is 0. The molecule has 0 bridgehead atoms. The van der Waals surface area contributed by atoms with E-state index in [0.717, 1.165) is 0 Å². The van der Waals surface area contributed by atoms with Crippen LogP contribution in [0.5, 0.6) is 0 Å². The van der Waals surface area contributed by atoms with E-state index in [1.165, 1.54) is 0 Å². The minimum atomic E-state index is -0.0603. The Labute approximate surface area is 85.5 Å². The first-order valence-electron chi connectivity index (χ1n) is 4.91. The van der Waals surface area contributed by atoms with Gasteiger partial charge in [0, 0.05) is 18.8 Å². The second-order valence-corrected chi connectivity index (χ2v) is 4.81. The van der Waals surface area contributed by atoms with Crippen LogP contribution in [0.1, 0.15) is 34.1 Å². The van der Waals surface area contributed by atoms with Gasteiger partial charge in [0.2, 0.25) is 5.91 Å². The molecule has 1 aliphatic rings. The quantitative estimate of drug-likeness (QED) is 0.629. The first-order chi connectivity index (χ1) is 6.40. The van der Waals surface area contributed by atoms with Gasteiger partial charge in [-0.1, -0.05) is 20.8 Å². The number of amides is 1. The van der Waals surface area contributed by atoms with Crippen LogP contribution in [0, 0.1) is 5.41 Å². The third kappa shape index (κ3) is 2.98. The molecule has 3 heteroatoms. The number of hydrogen-bond donors (Lipinski definition) is 0. The van der Waals surface area contributed by atoms with Gasteiger partial charge in [-0.25, -0.2) is 0 Å². The molecule has 3 nitrogen and oxygen atoms in total. The smallest absolute Gasteiger partial charge is 0.228 e. The highest BCUT2D eigenvalue weighted by Gasteiger charge is 2.23. The maximum Gasteiger partial charge on any atom is 0.228 e. The van der Waals surface area contributed by atoms with Gasteiger partial charge in [0.25, 0.3) is 0 Å². The lowest BCUT2D eigenvalue weighted by Crippen LogP contribution is -2.36. The zero-order valence-electron chi connectivity index (χ0n) is 9.32. The van der Waals surface area contributed by atoms with Crippen molar-refractivity contribution in [1.82, 2.24) is 4.90 Å². The van der Waals surface area contributed by atoms with Gasteiger partial charge < -0.3 is 0 Å². The monoisotopic (exact) mass is 194 g/mol. The van der Waals surface area contributed by atoms with Crippen LogP contribution in [0.2, 0.25) is 0 Å². The summed E-state index contributed by atoms with van der Waals surface area (Å²) in [6.07, 6.45) is 5.81. The molecule has 1 heterocycles. The van der Waals surface area contributed by atoms with E-state index in [-0.39, 0.29) is 17.5 Å². The molecular formula is C11H18N2O. The van der Waals surface area contributed by atoms with Gasteiger partial charge in [0.1, 0.15) is 6.17 Å². The second-order valence-electron chi connectivity index (χ2n) is 4.81. The van der Waals surface area contributed by atoms with Crippen LogP contribution in [-0.4, -0.2) is 23.2 Å². The third-order valence-corrected chi connectivity index (χ3v) is 2.01. The van der Waals surface area contributed by atoms with Gasteiger partial charge in [-0.3, -0.25) is 14.7 Å². The largest absolute Gasteiger partial charge is 0.297 e. The molecule has 0 aromatic carbocycles. The highest BCUT2D eigenvalue weighted by Crippen LogP contribution is 2.21. The number of carbonyl (C=O) groups excluding carboxylic acids is 1. The lowest BCUT2D eigenvalue weighted by atomic mass is 9.91. The van der Waals surface area contributed by atoms with E-state index in [4.69, 9.17) is 0 Å². The molecule has 0 aliphatic carbocycles. The Bertz CT molecular complexity index is 274. The van der Waals surface area contributed by atoms with Crippen molar-refractivity contribution in [3.63, 3.8) is 0 Å². The van der Waals surface area contributed by atoms with Crippen molar-refractivity contribution in [2.45, 2.75) is 40.3 Å². The molecule has 1 unspecified atom stereocenters. The SMILES string of the molecule is CC1N=CC=CN1C(=O)CC(C)(C)C. The molecule has 14 heavy (non-hydrogen) atoms. The molecule has 1 aliphatic heterocycles. The molecule has 0 aromatic heterocycles. The van der Waals surface area contributed by atoms with Gasteiger partial charge in [-0.2, -0.15) is 0 Å². The fourth-order valence-corrected chi connectivity index (χ4v) is 1.34. The highest BCUT2D eigenvalue weighted by molar-refractivity contribution is 5.81. The first kappa shape index (κ1) is 11.0. The summed E-state index contributed by atoms with van der Waals surface area (Å²) in [6.45, 7) is 8.10. The van der Waals surface area contributed by atoms with Crippen LogP contribution < -0.4 is 0 Å². The molecule has 1 rings (SSSR count). The van der Waals surface area contributed by atoms with Crippen molar-refractivity contribution in [1.29, 1.82) is 0 Å². The maximum atomic E-state index is 11.8. The predicted molar refractivity (Wildman–Crippen MR) is 58.0 cm³/mol. The zero-order chi connectivity index (χ0) is 10.8. The Morgan fingerprint density at radius 2 is 2.14 bits per heavy atom. The summed E-state index contributed by atoms with van der Waals surface area (Å²) in [7, 11) is 0. The van der Waals surface area contributed by atoms with Gasteiger partial charge in [0.05, 0.1) is 0 Å². The van der Waals surface area contributed by atoms with E-state index in [0.29, 0.717) is 6.42 Å². The zero-order valence-corrected chi connectivity index (χ0v) is 9.32. The summed E-state index contributed by atoms with van der Waals surface area (Å²) in [4.78, 5) is 17.7. The minimum Gasteiger partial charge on any atom is -0.297 e. The number of rotatable bonds is 1. The fraction of sp³-hybridized carbons (Fsp3) is 0.636. The highest BCUT2D eigenvalue weighted by atomic mass is 16.2. The molecule has 0 aromatic rings. The number of carbonyl (C=O) groups is 1. The van der Waals surface area contributed by atoms with E-state index < -0.39 is 0 Å². The number of allylic oxidation sites excluding steroid dienone is 1. The van der Waals surface area contributed by atoms with E-state index in [9.17, 15) is 4.79 Å². The molecule has 1 atom stereocenters. The van der Waals surface area contributed by atoms with Crippen LogP contribution in [0.15, 0.2) is 17.3 Å². The summed E-state index contributed by atoms with van der Waals surface area (Å²) in [5.41, 5.74) is 0.0335. The summed E-state index contributed by atoms with van der Waals surface area (Å²) >= 11 is 0. The Hall–Kier alpha value is -1.12. The van der Waals surface area contributed by atoms with Crippen molar-refractivity contribution in [2.75, 3.05) is 0 Å².